The predicted octanol–water partition coefficient (Wildman–Crippen LogP) is 2.88. The van der Waals surface area contributed by atoms with E-state index in [2.05, 4.69) is 15.9 Å². The van der Waals surface area contributed by atoms with Crippen LogP contribution in [0.4, 0.5) is 0 Å². The molecular formula is C9H11BrO3S. The summed E-state index contributed by atoms with van der Waals surface area (Å²) in [6, 6.07) is 1.79. The van der Waals surface area contributed by atoms with Gasteiger partial charge in [-0.05, 0) is 35.8 Å². The molecule has 1 rings (SSSR count). The molecule has 0 bridgehead atoms. The van der Waals surface area contributed by atoms with E-state index >= 15 is 0 Å². The number of halogens is 1. The van der Waals surface area contributed by atoms with Gasteiger partial charge in [0.1, 0.15) is 0 Å². The maximum Gasteiger partial charge on any atom is 0.314 e. The Kier molecular flexibility index (Phi) is 3.21. The highest BCUT2D eigenvalue weighted by molar-refractivity contribution is 9.10. The number of thiophene rings is 1. The molecule has 14 heavy (non-hydrogen) atoms. The van der Waals surface area contributed by atoms with E-state index in [4.69, 9.17) is 9.84 Å². The van der Waals surface area contributed by atoms with Crippen LogP contribution in [0.25, 0.3) is 0 Å². The zero-order chi connectivity index (χ0) is 10.9. The minimum Gasteiger partial charge on any atom is -0.486 e. The highest BCUT2D eigenvalue weighted by atomic mass is 79.9. The first-order valence-electron chi connectivity index (χ1n) is 3.96. The lowest BCUT2D eigenvalue weighted by atomic mass is 9.92. The Balaban J connectivity index is 3.14. The lowest BCUT2D eigenvalue weighted by molar-refractivity contribution is -0.142. The molecule has 0 saturated heterocycles. The summed E-state index contributed by atoms with van der Waals surface area (Å²) in [7, 11) is 1.56. The molecular weight excluding hydrogens is 268 g/mol. The van der Waals surface area contributed by atoms with Crippen LogP contribution in [0.1, 0.15) is 18.7 Å². The summed E-state index contributed by atoms with van der Waals surface area (Å²) in [5.41, 5.74) is -0.871. The molecule has 0 aliphatic rings. The summed E-state index contributed by atoms with van der Waals surface area (Å²) < 4.78 is 5.88. The lowest BCUT2D eigenvalue weighted by Crippen LogP contribution is -2.27. The van der Waals surface area contributed by atoms with Gasteiger partial charge in [-0.2, -0.15) is 0 Å². The van der Waals surface area contributed by atoms with Gasteiger partial charge in [0.2, 0.25) is 0 Å². The molecule has 0 aliphatic carbocycles. The van der Waals surface area contributed by atoms with Crippen molar-refractivity contribution in [1.29, 1.82) is 0 Å². The molecule has 0 aromatic carbocycles. The maximum atomic E-state index is 11.0. The molecule has 3 nitrogen and oxygen atoms in total. The number of carboxylic acids is 1. The van der Waals surface area contributed by atoms with Crippen LogP contribution in [0.3, 0.4) is 0 Å². The van der Waals surface area contributed by atoms with Gasteiger partial charge in [0.25, 0.3) is 0 Å². The average molecular weight is 279 g/mol. The van der Waals surface area contributed by atoms with E-state index in [1.165, 1.54) is 11.3 Å². The van der Waals surface area contributed by atoms with Crippen molar-refractivity contribution in [2.24, 2.45) is 0 Å². The number of hydrogen-bond acceptors (Lipinski definition) is 3. The third-order valence-corrected chi connectivity index (χ3v) is 4.26. The molecule has 1 aromatic rings. The van der Waals surface area contributed by atoms with E-state index in [0.717, 1.165) is 9.35 Å². The van der Waals surface area contributed by atoms with Crippen LogP contribution in [-0.4, -0.2) is 18.2 Å². The van der Waals surface area contributed by atoms with E-state index in [9.17, 15) is 4.79 Å². The number of hydrogen-bond donors (Lipinski definition) is 1. The molecule has 0 aliphatic heterocycles. The van der Waals surface area contributed by atoms with E-state index in [1.54, 1.807) is 27.0 Å². The minimum atomic E-state index is -0.871. The van der Waals surface area contributed by atoms with Gasteiger partial charge < -0.3 is 9.84 Å². The van der Waals surface area contributed by atoms with Crippen LogP contribution in [0.2, 0.25) is 0 Å². The van der Waals surface area contributed by atoms with Crippen molar-refractivity contribution < 1.29 is 14.6 Å². The molecule has 1 N–H and O–H groups in total. The summed E-state index contributed by atoms with van der Waals surface area (Å²) >= 11 is 4.66. The van der Waals surface area contributed by atoms with Gasteiger partial charge >= 0.3 is 5.97 Å². The van der Waals surface area contributed by atoms with Crippen LogP contribution in [0, 0.1) is 0 Å². The Labute approximate surface area is 94.8 Å². The summed E-state index contributed by atoms with van der Waals surface area (Å²) in [6.45, 7) is 3.35. The van der Waals surface area contributed by atoms with E-state index < -0.39 is 11.4 Å². The van der Waals surface area contributed by atoms with Gasteiger partial charge in [0.15, 0.2) is 5.06 Å². The quantitative estimate of drug-likeness (QED) is 0.925. The number of ether oxygens (including phenoxy) is 1. The van der Waals surface area contributed by atoms with Gasteiger partial charge in [-0.25, -0.2) is 0 Å². The van der Waals surface area contributed by atoms with Crippen LogP contribution < -0.4 is 4.74 Å². The Hall–Kier alpha value is -0.550. The van der Waals surface area contributed by atoms with Crippen LogP contribution in [0.5, 0.6) is 5.06 Å². The van der Waals surface area contributed by atoms with E-state index in [-0.39, 0.29) is 0 Å². The first kappa shape index (κ1) is 11.5. The van der Waals surface area contributed by atoms with Crippen molar-refractivity contribution in [3.8, 4) is 5.06 Å². The smallest absolute Gasteiger partial charge is 0.314 e. The third-order valence-electron chi connectivity index (χ3n) is 1.99. The molecule has 1 aromatic heterocycles. The molecule has 0 fully saturated rings. The van der Waals surface area contributed by atoms with Crippen molar-refractivity contribution in [3.05, 3.63) is 15.4 Å². The largest absolute Gasteiger partial charge is 0.486 e. The third kappa shape index (κ3) is 1.93. The number of carbonyl (C=O) groups is 1. The van der Waals surface area contributed by atoms with Crippen LogP contribution >= 0.6 is 27.3 Å². The fourth-order valence-electron chi connectivity index (χ4n) is 0.905. The monoisotopic (exact) mass is 278 g/mol. The second-order valence-corrected chi connectivity index (χ2v) is 5.25. The van der Waals surface area contributed by atoms with Crippen LogP contribution in [-0.2, 0) is 10.2 Å². The summed E-state index contributed by atoms with van der Waals surface area (Å²) in [5.74, 6) is -0.839. The molecule has 0 radical (unpaired) electrons. The number of rotatable bonds is 3. The molecule has 78 valence electrons. The second kappa shape index (κ2) is 3.90. The Morgan fingerprint density at radius 3 is 2.57 bits per heavy atom. The molecule has 0 spiro atoms. The molecule has 0 unspecified atom stereocenters. The topological polar surface area (TPSA) is 46.5 Å². The first-order chi connectivity index (χ1) is 6.39. The predicted molar refractivity (Wildman–Crippen MR) is 59.2 cm³/mol. The van der Waals surface area contributed by atoms with Gasteiger partial charge in [0.05, 0.1) is 17.0 Å². The van der Waals surface area contributed by atoms with E-state index in [1.807, 2.05) is 0 Å². The fraction of sp³-hybridized carbons (Fsp3) is 0.444. The van der Waals surface area contributed by atoms with Gasteiger partial charge in [-0.1, -0.05) is 0 Å². The minimum absolute atomic E-state index is 0.703. The second-order valence-electron chi connectivity index (χ2n) is 3.38. The van der Waals surface area contributed by atoms with Gasteiger partial charge in [0, 0.05) is 4.88 Å². The molecule has 5 heteroatoms. The standard InChI is InChI=1S/C9H11BrO3S/c1-9(2,8(11)12)6-4-5(10)7(13-3)14-6/h4H,1-3H3,(H,11,12). The molecule has 0 atom stereocenters. The Morgan fingerprint density at radius 2 is 2.21 bits per heavy atom. The first-order valence-corrected chi connectivity index (χ1v) is 5.57. The number of carboxylic acid groups (broad SMARTS) is 1. The average Bonchev–Trinajstić information content (AvgIpc) is 2.47. The maximum absolute atomic E-state index is 11.0. The Bertz CT molecular complexity index is 357. The van der Waals surface area contributed by atoms with Crippen molar-refractivity contribution >= 4 is 33.2 Å². The van der Waals surface area contributed by atoms with E-state index in [0.29, 0.717) is 5.06 Å². The fourth-order valence-corrected chi connectivity index (χ4v) is 2.65. The summed E-state index contributed by atoms with van der Waals surface area (Å²) in [4.78, 5) is 11.8. The number of methoxy groups -OCH3 is 1. The molecule has 0 saturated carbocycles. The van der Waals surface area contributed by atoms with Crippen molar-refractivity contribution in [3.63, 3.8) is 0 Å². The van der Waals surface area contributed by atoms with Crippen molar-refractivity contribution in [2.75, 3.05) is 7.11 Å². The van der Waals surface area contributed by atoms with Gasteiger partial charge in [-0.3, -0.25) is 4.79 Å². The van der Waals surface area contributed by atoms with Gasteiger partial charge in [-0.15, -0.1) is 11.3 Å². The normalized spacial score (nSPS) is 11.4. The summed E-state index contributed by atoms with van der Waals surface area (Å²) in [6.07, 6.45) is 0. The lowest BCUT2D eigenvalue weighted by Gasteiger charge is -2.16. The zero-order valence-electron chi connectivity index (χ0n) is 8.13. The zero-order valence-corrected chi connectivity index (χ0v) is 10.5. The SMILES string of the molecule is COc1sc(C(C)(C)C(=O)O)cc1Br. The summed E-state index contributed by atoms with van der Waals surface area (Å²) in [5, 5.41) is 9.72. The molecule has 0 amide bonds. The highest BCUT2D eigenvalue weighted by Crippen LogP contribution is 2.40. The number of aliphatic carboxylic acids is 1. The van der Waals surface area contributed by atoms with Crippen molar-refractivity contribution in [1.82, 2.24) is 0 Å². The molecule has 1 heterocycles. The highest BCUT2D eigenvalue weighted by Gasteiger charge is 2.32. The Morgan fingerprint density at radius 1 is 1.64 bits per heavy atom. The van der Waals surface area contributed by atoms with Crippen molar-refractivity contribution in [2.45, 2.75) is 19.3 Å². The van der Waals surface area contributed by atoms with Crippen LogP contribution in [0.15, 0.2) is 10.5 Å².